The maximum Gasteiger partial charge on any atom is 0.310 e. The standard InChI is InChI=1S/C19H21NO3S2/c1-4-18-20-12(3)17(25-18)10-23-14-6-7-15-13(8-19(21)22-5-2)11-24-16(15)9-14/h6-7,9,11H,4-5,8,10H2,1-3H3. The van der Waals surface area contributed by atoms with Crippen molar-refractivity contribution in [2.45, 2.75) is 40.2 Å². The lowest BCUT2D eigenvalue weighted by Crippen LogP contribution is -2.06. The minimum atomic E-state index is -0.185. The Morgan fingerprint density at radius 3 is 2.84 bits per heavy atom. The van der Waals surface area contributed by atoms with Gasteiger partial charge in [-0.05, 0) is 54.8 Å². The van der Waals surface area contributed by atoms with E-state index in [1.807, 2.05) is 37.4 Å². The van der Waals surface area contributed by atoms with Gasteiger partial charge in [0, 0.05) is 4.70 Å². The highest BCUT2D eigenvalue weighted by Gasteiger charge is 2.11. The highest BCUT2D eigenvalue weighted by molar-refractivity contribution is 7.17. The Hall–Kier alpha value is -1.92. The maximum absolute atomic E-state index is 11.7. The number of carbonyl (C=O) groups excluding carboxylic acids is 1. The van der Waals surface area contributed by atoms with Gasteiger partial charge in [-0.2, -0.15) is 0 Å². The monoisotopic (exact) mass is 375 g/mol. The number of nitrogens with zero attached hydrogens (tertiary/aromatic N) is 1. The van der Waals surface area contributed by atoms with Crippen LogP contribution < -0.4 is 4.74 Å². The molecule has 0 saturated heterocycles. The van der Waals surface area contributed by atoms with Crippen LogP contribution in [0.3, 0.4) is 0 Å². The van der Waals surface area contributed by atoms with Crippen LogP contribution in [0.4, 0.5) is 0 Å². The molecule has 1 aromatic carbocycles. The van der Waals surface area contributed by atoms with E-state index >= 15 is 0 Å². The van der Waals surface area contributed by atoms with Crippen LogP contribution in [0.1, 0.15) is 35.0 Å². The molecule has 0 fully saturated rings. The summed E-state index contributed by atoms with van der Waals surface area (Å²) in [5.41, 5.74) is 2.06. The predicted molar refractivity (Wildman–Crippen MR) is 103 cm³/mol. The number of fused-ring (bicyclic) bond motifs is 1. The van der Waals surface area contributed by atoms with E-state index in [1.54, 1.807) is 22.7 Å². The van der Waals surface area contributed by atoms with E-state index < -0.39 is 0 Å². The summed E-state index contributed by atoms with van der Waals surface area (Å²) in [6.07, 6.45) is 1.27. The van der Waals surface area contributed by atoms with Crippen LogP contribution in [0.25, 0.3) is 10.1 Å². The van der Waals surface area contributed by atoms with Gasteiger partial charge < -0.3 is 9.47 Å². The second-order valence-corrected chi connectivity index (χ2v) is 7.74. The molecule has 3 rings (SSSR count). The quantitative estimate of drug-likeness (QED) is 0.550. The van der Waals surface area contributed by atoms with Crippen molar-refractivity contribution in [2.24, 2.45) is 0 Å². The first-order chi connectivity index (χ1) is 12.1. The van der Waals surface area contributed by atoms with Crippen molar-refractivity contribution in [2.75, 3.05) is 6.61 Å². The number of ether oxygens (including phenoxy) is 2. The largest absolute Gasteiger partial charge is 0.488 e. The average Bonchev–Trinajstić information content (AvgIpc) is 3.16. The minimum Gasteiger partial charge on any atom is -0.488 e. The van der Waals surface area contributed by atoms with Gasteiger partial charge in [-0.25, -0.2) is 4.98 Å². The van der Waals surface area contributed by atoms with Crippen molar-refractivity contribution in [1.82, 2.24) is 4.98 Å². The van der Waals surface area contributed by atoms with E-state index in [0.29, 0.717) is 19.6 Å². The Balaban J connectivity index is 1.71. The first-order valence-electron chi connectivity index (χ1n) is 8.34. The van der Waals surface area contributed by atoms with Gasteiger partial charge in [0.2, 0.25) is 0 Å². The number of hydrogen-bond donors (Lipinski definition) is 0. The van der Waals surface area contributed by atoms with Crippen molar-refractivity contribution in [3.63, 3.8) is 0 Å². The Labute approximate surface area is 155 Å². The Kier molecular flexibility index (Phi) is 5.71. The zero-order valence-corrected chi connectivity index (χ0v) is 16.3. The van der Waals surface area contributed by atoms with Crippen molar-refractivity contribution >= 4 is 38.7 Å². The van der Waals surface area contributed by atoms with E-state index in [-0.39, 0.29) is 5.97 Å². The van der Waals surface area contributed by atoms with Crippen LogP contribution in [0.15, 0.2) is 23.6 Å². The average molecular weight is 376 g/mol. The van der Waals surface area contributed by atoms with Crippen LogP contribution in [0.5, 0.6) is 5.75 Å². The molecule has 0 N–H and O–H groups in total. The topological polar surface area (TPSA) is 48.4 Å². The molecule has 0 aliphatic carbocycles. The van der Waals surface area contributed by atoms with Crippen LogP contribution in [0.2, 0.25) is 0 Å². The molecule has 6 heteroatoms. The van der Waals surface area contributed by atoms with E-state index in [1.165, 1.54) is 4.88 Å². The summed E-state index contributed by atoms with van der Waals surface area (Å²) in [6.45, 7) is 6.91. The zero-order chi connectivity index (χ0) is 17.8. The molecule has 0 amide bonds. The highest BCUT2D eigenvalue weighted by Crippen LogP contribution is 2.31. The van der Waals surface area contributed by atoms with Crippen molar-refractivity contribution in [3.8, 4) is 5.75 Å². The maximum atomic E-state index is 11.7. The first-order valence-corrected chi connectivity index (χ1v) is 10.0. The number of aromatic nitrogens is 1. The normalized spacial score (nSPS) is 11.0. The molecule has 0 radical (unpaired) electrons. The van der Waals surface area contributed by atoms with Crippen LogP contribution in [-0.2, 0) is 29.0 Å². The summed E-state index contributed by atoms with van der Waals surface area (Å²) >= 11 is 3.34. The van der Waals surface area contributed by atoms with Crippen molar-refractivity contribution in [3.05, 3.63) is 44.7 Å². The van der Waals surface area contributed by atoms with Gasteiger partial charge in [0.05, 0.1) is 28.6 Å². The molecule has 0 unspecified atom stereocenters. The smallest absolute Gasteiger partial charge is 0.310 e. The molecule has 0 spiro atoms. The summed E-state index contributed by atoms with van der Waals surface area (Å²) in [6, 6.07) is 6.01. The molecular weight excluding hydrogens is 354 g/mol. The third kappa shape index (κ3) is 4.19. The van der Waals surface area contributed by atoms with Gasteiger partial charge >= 0.3 is 5.97 Å². The van der Waals surface area contributed by atoms with Crippen molar-refractivity contribution < 1.29 is 14.3 Å². The second-order valence-electron chi connectivity index (χ2n) is 5.66. The first kappa shape index (κ1) is 17.9. The molecule has 0 bridgehead atoms. The van der Waals surface area contributed by atoms with Crippen molar-refractivity contribution in [1.29, 1.82) is 0 Å². The zero-order valence-electron chi connectivity index (χ0n) is 14.6. The lowest BCUT2D eigenvalue weighted by molar-refractivity contribution is -0.142. The number of hydrogen-bond acceptors (Lipinski definition) is 6. The number of rotatable bonds is 7. The molecule has 3 aromatic rings. The van der Waals surface area contributed by atoms with Crippen LogP contribution in [-0.4, -0.2) is 17.6 Å². The number of aryl methyl sites for hydroxylation is 2. The van der Waals surface area contributed by atoms with Crippen LogP contribution in [0, 0.1) is 6.92 Å². The number of esters is 1. The molecule has 25 heavy (non-hydrogen) atoms. The fraction of sp³-hybridized carbons (Fsp3) is 0.368. The second kappa shape index (κ2) is 7.97. The SMILES string of the molecule is CCOC(=O)Cc1csc2cc(OCc3sc(CC)nc3C)ccc12. The lowest BCUT2D eigenvalue weighted by Gasteiger charge is -2.06. The van der Waals surface area contributed by atoms with Gasteiger partial charge in [0.15, 0.2) is 0 Å². The number of thiazole rings is 1. The predicted octanol–water partition coefficient (Wildman–Crippen LogP) is 4.91. The van der Waals surface area contributed by atoms with E-state index in [9.17, 15) is 4.79 Å². The summed E-state index contributed by atoms with van der Waals surface area (Å²) in [7, 11) is 0. The molecule has 4 nitrogen and oxygen atoms in total. The highest BCUT2D eigenvalue weighted by atomic mass is 32.1. The molecule has 0 saturated carbocycles. The minimum absolute atomic E-state index is 0.185. The lowest BCUT2D eigenvalue weighted by atomic mass is 10.1. The van der Waals surface area contributed by atoms with E-state index in [0.717, 1.165) is 38.5 Å². The van der Waals surface area contributed by atoms with Gasteiger partial charge in [0.25, 0.3) is 0 Å². The van der Waals surface area contributed by atoms with Gasteiger partial charge in [-0.3, -0.25) is 4.79 Å². The summed E-state index contributed by atoms with van der Waals surface area (Å²) in [5.74, 6) is 0.651. The number of carbonyl (C=O) groups is 1. The van der Waals surface area contributed by atoms with Crippen LogP contribution >= 0.6 is 22.7 Å². The summed E-state index contributed by atoms with van der Waals surface area (Å²) < 4.78 is 12.1. The molecular formula is C19H21NO3S2. The Bertz CT molecular complexity index is 882. The third-order valence-electron chi connectivity index (χ3n) is 3.88. The molecule has 2 heterocycles. The summed E-state index contributed by atoms with van der Waals surface area (Å²) in [4.78, 5) is 17.4. The molecule has 2 aromatic heterocycles. The Morgan fingerprint density at radius 1 is 1.28 bits per heavy atom. The van der Waals surface area contributed by atoms with E-state index in [2.05, 4.69) is 11.9 Å². The number of benzene rings is 1. The van der Waals surface area contributed by atoms with E-state index in [4.69, 9.17) is 9.47 Å². The molecule has 0 aliphatic rings. The molecule has 0 atom stereocenters. The fourth-order valence-corrected chi connectivity index (χ4v) is 4.49. The van der Waals surface area contributed by atoms with Gasteiger partial charge in [0.1, 0.15) is 12.4 Å². The Morgan fingerprint density at radius 2 is 2.12 bits per heavy atom. The fourth-order valence-electron chi connectivity index (χ4n) is 2.58. The van der Waals surface area contributed by atoms with Gasteiger partial charge in [-0.15, -0.1) is 22.7 Å². The summed E-state index contributed by atoms with van der Waals surface area (Å²) in [5, 5.41) is 4.26. The third-order valence-corrected chi connectivity index (χ3v) is 6.15. The van der Waals surface area contributed by atoms with Gasteiger partial charge in [-0.1, -0.05) is 6.92 Å². The number of thiophene rings is 1. The molecule has 132 valence electrons. The molecule has 0 aliphatic heterocycles.